The molecule has 0 radical (unpaired) electrons. The molecule has 2 aliphatic rings. The molecule has 1 aromatic rings. The smallest absolute Gasteiger partial charge is 0.253 e. The maximum absolute atomic E-state index is 13.0. The Bertz CT molecular complexity index is 753. The van der Waals surface area contributed by atoms with E-state index >= 15 is 0 Å². The molecule has 1 aromatic carbocycles. The molecule has 3 rings (SSSR count). The second-order valence-corrected chi connectivity index (χ2v) is 8.92. The van der Waals surface area contributed by atoms with E-state index in [9.17, 15) is 13.2 Å². The Hall–Kier alpha value is -1.48. The molecule has 0 unspecified atom stereocenters. The van der Waals surface area contributed by atoms with Crippen molar-refractivity contribution in [3.8, 4) is 0 Å². The summed E-state index contributed by atoms with van der Waals surface area (Å²) in [6.07, 6.45) is 1.67. The molecule has 1 atom stereocenters. The average molecular weight is 381 g/mol. The van der Waals surface area contributed by atoms with Gasteiger partial charge in [0.2, 0.25) is 10.0 Å². The fraction of sp³-hybridized carbons (Fsp3) is 0.611. The number of carbonyl (C=O) groups excluding carboxylic acids is 1. The molecule has 2 fully saturated rings. The van der Waals surface area contributed by atoms with Crippen molar-refractivity contribution >= 4 is 15.9 Å². The van der Waals surface area contributed by atoms with Crippen LogP contribution in [0, 0.1) is 0 Å². The van der Waals surface area contributed by atoms with Crippen molar-refractivity contribution in [3.63, 3.8) is 0 Å². The van der Waals surface area contributed by atoms with E-state index in [1.54, 1.807) is 30.2 Å². The summed E-state index contributed by atoms with van der Waals surface area (Å²) in [5, 5.41) is 0. The Morgan fingerprint density at radius 2 is 1.96 bits per heavy atom. The lowest BCUT2D eigenvalue weighted by Crippen LogP contribution is -2.35. The van der Waals surface area contributed by atoms with E-state index in [-0.39, 0.29) is 16.9 Å². The molecular weight excluding hydrogens is 354 g/mol. The van der Waals surface area contributed by atoms with Gasteiger partial charge in [-0.05, 0) is 44.6 Å². The highest BCUT2D eigenvalue weighted by Gasteiger charge is 2.29. The Labute approximate surface area is 155 Å². The summed E-state index contributed by atoms with van der Waals surface area (Å²) in [7, 11) is 0.0495. The van der Waals surface area contributed by atoms with Crippen LogP contribution in [-0.4, -0.2) is 88.0 Å². The van der Waals surface area contributed by atoms with Gasteiger partial charge in [-0.15, -0.1) is 0 Å². The standard InChI is InChI=1S/C18H27N3O4S/c1-19-8-4-9-21(12-11-19)26(23,24)17-6-3-5-15(13-17)18(22)20-10-7-16(14-20)25-2/h3,5-6,13,16H,4,7-12,14H2,1-2H3/t16-/m1/s1. The summed E-state index contributed by atoms with van der Waals surface area (Å²) in [6.45, 7) is 3.76. The van der Waals surface area contributed by atoms with Crippen LogP contribution in [-0.2, 0) is 14.8 Å². The lowest BCUT2D eigenvalue weighted by molar-refractivity contribution is 0.0724. The molecule has 0 aromatic heterocycles. The molecule has 8 heteroatoms. The average Bonchev–Trinajstić information content (AvgIpc) is 3.02. The number of amides is 1. The Morgan fingerprint density at radius 1 is 1.15 bits per heavy atom. The molecule has 144 valence electrons. The number of hydrogen-bond acceptors (Lipinski definition) is 5. The third kappa shape index (κ3) is 4.09. The van der Waals surface area contributed by atoms with E-state index in [0.29, 0.717) is 38.3 Å². The summed E-state index contributed by atoms with van der Waals surface area (Å²) in [4.78, 5) is 16.8. The summed E-state index contributed by atoms with van der Waals surface area (Å²) in [5.41, 5.74) is 0.412. The van der Waals surface area contributed by atoms with Crippen molar-refractivity contribution in [3.05, 3.63) is 29.8 Å². The largest absolute Gasteiger partial charge is 0.380 e. The quantitative estimate of drug-likeness (QED) is 0.774. The van der Waals surface area contributed by atoms with Crippen LogP contribution in [0.25, 0.3) is 0 Å². The van der Waals surface area contributed by atoms with Gasteiger partial charge in [0.1, 0.15) is 0 Å². The highest BCUT2D eigenvalue weighted by atomic mass is 32.2. The van der Waals surface area contributed by atoms with Gasteiger partial charge < -0.3 is 14.5 Å². The van der Waals surface area contributed by atoms with Gasteiger partial charge in [0.25, 0.3) is 5.91 Å². The fourth-order valence-corrected chi connectivity index (χ4v) is 5.01. The second-order valence-electron chi connectivity index (χ2n) is 6.99. The van der Waals surface area contributed by atoms with Crippen molar-refractivity contribution in [1.29, 1.82) is 0 Å². The fourth-order valence-electron chi connectivity index (χ4n) is 3.49. The molecule has 7 nitrogen and oxygen atoms in total. The van der Waals surface area contributed by atoms with E-state index < -0.39 is 10.0 Å². The van der Waals surface area contributed by atoms with E-state index in [2.05, 4.69) is 4.90 Å². The van der Waals surface area contributed by atoms with Crippen molar-refractivity contribution in [2.75, 3.05) is 53.4 Å². The maximum Gasteiger partial charge on any atom is 0.253 e. The molecular formula is C18H27N3O4S. The van der Waals surface area contributed by atoms with Gasteiger partial charge in [-0.2, -0.15) is 4.31 Å². The predicted octanol–water partition coefficient (Wildman–Crippen LogP) is 0.874. The van der Waals surface area contributed by atoms with Crippen LogP contribution < -0.4 is 0 Å². The molecule has 0 aliphatic carbocycles. The van der Waals surface area contributed by atoms with E-state index in [4.69, 9.17) is 4.74 Å². The van der Waals surface area contributed by atoms with Crippen LogP contribution in [0.15, 0.2) is 29.2 Å². The molecule has 2 heterocycles. The third-order valence-electron chi connectivity index (χ3n) is 5.16. The summed E-state index contributed by atoms with van der Waals surface area (Å²) in [5.74, 6) is -0.141. The molecule has 2 aliphatic heterocycles. The first-order valence-corrected chi connectivity index (χ1v) is 10.5. The van der Waals surface area contributed by atoms with Gasteiger partial charge in [0.15, 0.2) is 0 Å². The number of likely N-dealkylation sites (tertiary alicyclic amines) is 1. The minimum absolute atomic E-state index is 0.0555. The molecule has 0 saturated carbocycles. The maximum atomic E-state index is 13.0. The minimum atomic E-state index is -3.59. The molecule has 0 spiro atoms. The summed E-state index contributed by atoms with van der Waals surface area (Å²) < 4.78 is 32.8. The van der Waals surface area contributed by atoms with Crippen molar-refractivity contribution < 1.29 is 17.9 Å². The molecule has 2 saturated heterocycles. The first-order valence-electron chi connectivity index (χ1n) is 9.02. The van der Waals surface area contributed by atoms with Crippen LogP contribution in [0.1, 0.15) is 23.2 Å². The first kappa shape index (κ1) is 19.3. The topological polar surface area (TPSA) is 70.2 Å². The zero-order valence-electron chi connectivity index (χ0n) is 15.4. The number of sulfonamides is 1. The lowest BCUT2D eigenvalue weighted by atomic mass is 10.2. The Balaban J connectivity index is 1.79. The van der Waals surface area contributed by atoms with Crippen molar-refractivity contribution in [1.82, 2.24) is 14.1 Å². The first-order chi connectivity index (χ1) is 12.4. The van der Waals surface area contributed by atoms with Crippen LogP contribution in [0.2, 0.25) is 0 Å². The number of methoxy groups -OCH3 is 1. The zero-order valence-corrected chi connectivity index (χ0v) is 16.2. The molecule has 1 amide bonds. The van der Waals surface area contributed by atoms with Gasteiger partial charge in [-0.25, -0.2) is 8.42 Å². The van der Waals surface area contributed by atoms with Crippen LogP contribution in [0.5, 0.6) is 0 Å². The minimum Gasteiger partial charge on any atom is -0.380 e. The van der Waals surface area contributed by atoms with Crippen LogP contribution in [0.4, 0.5) is 0 Å². The predicted molar refractivity (Wildman–Crippen MR) is 98.6 cm³/mol. The van der Waals surface area contributed by atoms with Gasteiger partial charge in [-0.3, -0.25) is 4.79 Å². The number of carbonyl (C=O) groups is 1. The summed E-state index contributed by atoms with van der Waals surface area (Å²) >= 11 is 0. The normalized spacial score (nSPS) is 23.2. The van der Waals surface area contributed by atoms with E-state index in [1.165, 1.54) is 10.4 Å². The number of nitrogens with zero attached hydrogens (tertiary/aromatic N) is 3. The van der Waals surface area contributed by atoms with Gasteiger partial charge in [0.05, 0.1) is 11.0 Å². The van der Waals surface area contributed by atoms with E-state index in [1.807, 2.05) is 7.05 Å². The number of hydrogen-bond donors (Lipinski definition) is 0. The second kappa shape index (κ2) is 8.04. The van der Waals surface area contributed by atoms with Crippen molar-refractivity contribution in [2.45, 2.75) is 23.8 Å². The van der Waals surface area contributed by atoms with Crippen molar-refractivity contribution in [2.24, 2.45) is 0 Å². The molecule has 0 N–H and O–H groups in total. The Morgan fingerprint density at radius 3 is 2.69 bits per heavy atom. The zero-order chi connectivity index (χ0) is 18.7. The highest BCUT2D eigenvalue weighted by Crippen LogP contribution is 2.21. The Kier molecular flexibility index (Phi) is 5.96. The van der Waals surface area contributed by atoms with Crippen LogP contribution in [0.3, 0.4) is 0 Å². The lowest BCUT2D eigenvalue weighted by Gasteiger charge is -2.21. The monoisotopic (exact) mass is 381 g/mol. The number of rotatable bonds is 4. The van der Waals surface area contributed by atoms with Gasteiger partial charge in [-0.1, -0.05) is 6.07 Å². The number of ether oxygens (including phenoxy) is 1. The number of benzene rings is 1. The van der Waals surface area contributed by atoms with Crippen LogP contribution >= 0.6 is 0 Å². The third-order valence-corrected chi connectivity index (χ3v) is 7.06. The van der Waals surface area contributed by atoms with E-state index in [0.717, 1.165) is 19.4 Å². The number of likely N-dealkylation sites (N-methyl/N-ethyl adjacent to an activating group) is 1. The highest BCUT2D eigenvalue weighted by molar-refractivity contribution is 7.89. The SMILES string of the molecule is CO[C@@H]1CCN(C(=O)c2cccc(S(=O)(=O)N3CCCN(C)CC3)c2)C1. The van der Waals surface area contributed by atoms with Gasteiger partial charge in [0, 0.05) is 45.4 Å². The molecule has 0 bridgehead atoms. The molecule has 26 heavy (non-hydrogen) atoms. The summed E-state index contributed by atoms with van der Waals surface area (Å²) in [6, 6.07) is 6.40. The van der Waals surface area contributed by atoms with Gasteiger partial charge >= 0.3 is 0 Å².